The normalized spacial score (nSPS) is 12.9. The Morgan fingerprint density at radius 1 is 1.37 bits per heavy atom. The van der Waals surface area contributed by atoms with Gasteiger partial charge in [-0.3, -0.25) is 4.79 Å². The molecule has 0 radical (unpaired) electrons. The molecule has 1 aromatic heterocycles. The maximum atomic E-state index is 13.2. The number of nitrogens with zero attached hydrogens (tertiary/aromatic N) is 2. The van der Waals surface area contributed by atoms with Crippen LogP contribution in [-0.4, -0.2) is 41.0 Å². The number of ether oxygens (including phenoxy) is 1. The number of rotatable bonds is 9. The molecule has 0 aliphatic rings. The van der Waals surface area contributed by atoms with Gasteiger partial charge in [0, 0.05) is 5.69 Å². The number of hydrogen-bond acceptors (Lipinski definition) is 8. The summed E-state index contributed by atoms with van der Waals surface area (Å²) in [5, 5.41) is 14.1. The Labute approximate surface area is 165 Å². The molecule has 10 heteroatoms. The van der Waals surface area contributed by atoms with Gasteiger partial charge < -0.3 is 15.4 Å². The second kappa shape index (κ2) is 10.2. The van der Waals surface area contributed by atoms with E-state index in [9.17, 15) is 14.0 Å². The van der Waals surface area contributed by atoms with Gasteiger partial charge in [0.1, 0.15) is 11.9 Å². The number of esters is 1. The van der Waals surface area contributed by atoms with Crippen molar-refractivity contribution >= 4 is 45.8 Å². The zero-order valence-corrected chi connectivity index (χ0v) is 16.8. The smallest absolute Gasteiger partial charge is 0.328 e. The lowest BCUT2D eigenvalue weighted by Gasteiger charge is -2.21. The molecule has 0 bridgehead atoms. The molecule has 2 N–H and O–H groups in total. The van der Waals surface area contributed by atoms with Gasteiger partial charge in [-0.2, -0.15) is 0 Å². The van der Waals surface area contributed by atoms with E-state index in [1.165, 1.54) is 42.3 Å². The van der Waals surface area contributed by atoms with Crippen molar-refractivity contribution in [2.24, 2.45) is 5.92 Å². The van der Waals surface area contributed by atoms with Gasteiger partial charge in [0.2, 0.25) is 11.0 Å². The number of thioether (sulfide) groups is 1. The summed E-state index contributed by atoms with van der Waals surface area (Å²) in [6.07, 6.45) is 0.735. The van der Waals surface area contributed by atoms with E-state index in [2.05, 4.69) is 20.8 Å². The first-order valence-electron chi connectivity index (χ1n) is 8.29. The topological polar surface area (TPSA) is 93.2 Å². The average molecular weight is 413 g/mol. The van der Waals surface area contributed by atoms with Crippen molar-refractivity contribution in [2.75, 3.05) is 18.2 Å². The number of carbonyl (C=O) groups is 2. The van der Waals surface area contributed by atoms with Crippen LogP contribution in [0.4, 0.5) is 15.2 Å². The van der Waals surface area contributed by atoms with Gasteiger partial charge in [-0.25, -0.2) is 9.18 Å². The van der Waals surface area contributed by atoms with Crippen LogP contribution in [0.3, 0.4) is 0 Å². The number of halogens is 1. The molecule has 2 rings (SSSR count). The summed E-state index contributed by atoms with van der Waals surface area (Å²) in [5.74, 6) is -1.03. The number of hydrogen-bond donors (Lipinski definition) is 2. The first-order chi connectivity index (χ1) is 12.9. The largest absolute Gasteiger partial charge is 0.467 e. The Hall–Kier alpha value is -2.20. The highest BCUT2D eigenvalue weighted by Gasteiger charge is 2.26. The van der Waals surface area contributed by atoms with Crippen LogP contribution in [0, 0.1) is 11.7 Å². The minimum Gasteiger partial charge on any atom is -0.467 e. The van der Waals surface area contributed by atoms with Gasteiger partial charge in [-0.05, 0) is 24.1 Å². The fourth-order valence-corrected chi connectivity index (χ4v) is 3.73. The molecule has 0 unspecified atom stereocenters. The summed E-state index contributed by atoms with van der Waals surface area (Å²) >= 11 is 2.46. The van der Waals surface area contributed by atoms with E-state index in [1.807, 2.05) is 13.8 Å². The van der Waals surface area contributed by atoms with Crippen molar-refractivity contribution in [2.45, 2.75) is 30.6 Å². The number of amides is 1. The quantitative estimate of drug-likeness (QED) is 0.482. The van der Waals surface area contributed by atoms with Crippen molar-refractivity contribution in [3.05, 3.63) is 30.1 Å². The van der Waals surface area contributed by atoms with Crippen molar-refractivity contribution < 1.29 is 18.7 Å². The fourth-order valence-electron chi connectivity index (χ4n) is 2.15. The van der Waals surface area contributed by atoms with Gasteiger partial charge in [-0.1, -0.05) is 49.4 Å². The van der Waals surface area contributed by atoms with Crippen molar-refractivity contribution in [1.82, 2.24) is 15.5 Å². The number of benzene rings is 1. The summed E-state index contributed by atoms with van der Waals surface area (Å²) in [7, 11) is 1.30. The Kier molecular flexibility index (Phi) is 7.99. The van der Waals surface area contributed by atoms with Gasteiger partial charge in [-0.15, -0.1) is 10.2 Å². The minimum absolute atomic E-state index is 0.0324. The molecule has 0 aliphatic heterocycles. The molecule has 0 spiro atoms. The Bertz CT molecular complexity index is 787. The summed E-state index contributed by atoms with van der Waals surface area (Å²) < 4.78 is 18.5. The van der Waals surface area contributed by atoms with E-state index < -0.39 is 12.0 Å². The van der Waals surface area contributed by atoms with Crippen LogP contribution in [-0.2, 0) is 14.3 Å². The summed E-state index contributed by atoms with van der Waals surface area (Å²) in [6, 6.07) is 5.34. The molecule has 2 atom stereocenters. The Morgan fingerprint density at radius 3 is 2.81 bits per heavy atom. The molecule has 1 aromatic carbocycles. The van der Waals surface area contributed by atoms with Gasteiger partial charge >= 0.3 is 5.97 Å². The van der Waals surface area contributed by atoms with E-state index in [-0.39, 0.29) is 23.4 Å². The molecule has 2 aromatic rings. The molecule has 1 amide bonds. The van der Waals surface area contributed by atoms with Gasteiger partial charge in [0.05, 0.1) is 12.9 Å². The molecule has 0 saturated heterocycles. The second-order valence-electron chi connectivity index (χ2n) is 5.75. The lowest BCUT2D eigenvalue weighted by atomic mass is 9.99. The van der Waals surface area contributed by atoms with Crippen molar-refractivity contribution in [3.63, 3.8) is 0 Å². The second-order valence-corrected chi connectivity index (χ2v) is 7.95. The predicted octanol–water partition coefficient (Wildman–Crippen LogP) is 3.22. The zero-order valence-electron chi connectivity index (χ0n) is 15.2. The van der Waals surface area contributed by atoms with Crippen LogP contribution in [0.5, 0.6) is 0 Å². The van der Waals surface area contributed by atoms with Crippen LogP contribution < -0.4 is 10.6 Å². The maximum absolute atomic E-state index is 13.2. The standard InChI is InChI=1S/C17H21FN4O3S2/c1-4-10(2)14(15(24)25-3)20-13(23)9-26-17-22-21-16(27-17)19-12-7-5-6-11(18)8-12/h5-8,10,14H,4,9H2,1-3H3,(H,19,21)(H,20,23)/t10-,14+/m0/s1. The molecule has 0 saturated carbocycles. The third-order valence-corrected chi connectivity index (χ3v) is 5.77. The van der Waals surface area contributed by atoms with E-state index in [1.54, 1.807) is 12.1 Å². The van der Waals surface area contributed by atoms with Crippen LogP contribution in [0.25, 0.3) is 0 Å². The number of anilines is 2. The highest BCUT2D eigenvalue weighted by Crippen LogP contribution is 2.27. The molecule has 7 nitrogen and oxygen atoms in total. The summed E-state index contributed by atoms with van der Waals surface area (Å²) in [4.78, 5) is 24.0. The van der Waals surface area contributed by atoms with Crippen LogP contribution in [0.2, 0.25) is 0 Å². The molecule has 0 fully saturated rings. The molecule has 1 heterocycles. The lowest BCUT2D eigenvalue weighted by Crippen LogP contribution is -2.46. The van der Waals surface area contributed by atoms with E-state index in [0.29, 0.717) is 15.2 Å². The molecule has 0 aliphatic carbocycles. The first-order valence-corrected chi connectivity index (χ1v) is 10.1. The van der Waals surface area contributed by atoms with Crippen molar-refractivity contribution in [3.8, 4) is 0 Å². The summed E-state index contributed by atoms with van der Waals surface area (Å²) in [5.41, 5.74) is 0.565. The number of carbonyl (C=O) groups excluding carboxylic acids is 2. The van der Waals surface area contributed by atoms with Crippen LogP contribution >= 0.6 is 23.1 Å². The molecular formula is C17H21FN4O3S2. The highest BCUT2D eigenvalue weighted by molar-refractivity contribution is 8.01. The number of nitrogens with one attached hydrogen (secondary N) is 2. The van der Waals surface area contributed by atoms with Crippen LogP contribution in [0.1, 0.15) is 20.3 Å². The fraction of sp³-hybridized carbons (Fsp3) is 0.412. The zero-order chi connectivity index (χ0) is 19.8. The van der Waals surface area contributed by atoms with Gasteiger partial charge in [0.25, 0.3) is 0 Å². The minimum atomic E-state index is -0.673. The average Bonchev–Trinajstić information content (AvgIpc) is 3.10. The third kappa shape index (κ3) is 6.47. The third-order valence-electron chi connectivity index (χ3n) is 3.79. The van der Waals surface area contributed by atoms with Crippen molar-refractivity contribution in [1.29, 1.82) is 0 Å². The van der Waals surface area contributed by atoms with Crippen LogP contribution in [0.15, 0.2) is 28.6 Å². The molecular weight excluding hydrogens is 391 g/mol. The Morgan fingerprint density at radius 2 is 2.15 bits per heavy atom. The number of methoxy groups -OCH3 is 1. The first kappa shape index (κ1) is 21.1. The monoisotopic (exact) mass is 412 g/mol. The molecule has 146 valence electrons. The highest BCUT2D eigenvalue weighted by atomic mass is 32.2. The molecule has 27 heavy (non-hydrogen) atoms. The number of aromatic nitrogens is 2. The Balaban J connectivity index is 1.88. The summed E-state index contributed by atoms with van der Waals surface area (Å²) in [6.45, 7) is 3.82. The van der Waals surface area contributed by atoms with Gasteiger partial charge in [0.15, 0.2) is 4.34 Å². The lowest BCUT2D eigenvalue weighted by molar-refractivity contribution is -0.146. The predicted molar refractivity (Wildman–Crippen MR) is 104 cm³/mol. The van der Waals surface area contributed by atoms with E-state index >= 15 is 0 Å². The maximum Gasteiger partial charge on any atom is 0.328 e. The van der Waals surface area contributed by atoms with E-state index in [0.717, 1.165) is 6.42 Å². The SMILES string of the molecule is CC[C@H](C)[C@@H](NC(=O)CSc1nnc(Nc2cccc(F)c2)s1)C(=O)OC. The van der Waals surface area contributed by atoms with E-state index in [4.69, 9.17) is 4.74 Å².